The summed E-state index contributed by atoms with van der Waals surface area (Å²) in [6, 6.07) is 17.1. The van der Waals surface area contributed by atoms with Crippen molar-refractivity contribution in [2.45, 2.75) is 19.9 Å². The van der Waals surface area contributed by atoms with Crippen LogP contribution in [0.5, 0.6) is 0 Å². The second kappa shape index (κ2) is 7.85. The van der Waals surface area contributed by atoms with Crippen molar-refractivity contribution < 1.29 is 4.52 Å². The van der Waals surface area contributed by atoms with Crippen molar-refractivity contribution in [2.75, 3.05) is 0 Å². The van der Waals surface area contributed by atoms with Crippen molar-refractivity contribution in [3.05, 3.63) is 93.8 Å². The van der Waals surface area contributed by atoms with Crippen molar-refractivity contribution in [3.63, 3.8) is 0 Å². The molecule has 0 aliphatic rings. The van der Waals surface area contributed by atoms with Crippen LogP contribution in [-0.4, -0.2) is 24.3 Å². The highest BCUT2D eigenvalue weighted by atomic mass is 35.5. The van der Waals surface area contributed by atoms with Crippen LogP contribution in [0.25, 0.3) is 28.2 Å². The summed E-state index contributed by atoms with van der Waals surface area (Å²) >= 11 is 5.96. The first kappa shape index (κ1) is 19.3. The number of halogens is 1. The average molecular weight is 432 g/mol. The Hall–Kier alpha value is -3.71. The number of rotatable bonds is 5. The summed E-state index contributed by atoms with van der Waals surface area (Å²) in [5, 5.41) is 9.19. The van der Waals surface area contributed by atoms with Gasteiger partial charge in [0.05, 0.1) is 5.69 Å². The first-order chi connectivity index (χ1) is 15.1. The van der Waals surface area contributed by atoms with E-state index >= 15 is 0 Å². The minimum Gasteiger partial charge on any atom is -0.337 e. The third kappa shape index (κ3) is 3.75. The highest BCUT2D eigenvalue weighted by Crippen LogP contribution is 2.21. The zero-order valence-corrected chi connectivity index (χ0v) is 17.5. The summed E-state index contributed by atoms with van der Waals surface area (Å²) in [4.78, 5) is 17.4. The number of aromatic nitrogens is 5. The second-order valence-electron chi connectivity index (χ2n) is 7.16. The molecule has 0 aliphatic heterocycles. The van der Waals surface area contributed by atoms with Crippen molar-refractivity contribution in [3.8, 4) is 22.6 Å². The first-order valence-electron chi connectivity index (χ1n) is 9.87. The molecule has 0 unspecified atom stereocenters. The van der Waals surface area contributed by atoms with E-state index in [1.54, 1.807) is 35.1 Å². The van der Waals surface area contributed by atoms with Crippen LogP contribution in [0.4, 0.5) is 0 Å². The van der Waals surface area contributed by atoms with E-state index in [0.717, 1.165) is 17.5 Å². The first-order valence-corrected chi connectivity index (χ1v) is 10.2. The topological polar surface area (TPSA) is 78.2 Å². The van der Waals surface area contributed by atoms with Gasteiger partial charge in [0.15, 0.2) is 0 Å². The van der Waals surface area contributed by atoms with Gasteiger partial charge in [0.2, 0.25) is 11.7 Å². The van der Waals surface area contributed by atoms with E-state index in [4.69, 9.17) is 16.1 Å². The number of benzene rings is 2. The summed E-state index contributed by atoms with van der Waals surface area (Å²) in [6.45, 7) is 2.28. The molecule has 0 bridgehead atoms. The third-order valence-corrected chi connectivity index (χ3v) is 5.39. The minimum atomic E-state index is -0.192. The van der Waals surface area contributed by atoms with Gasteiger partial charge in [0.1, 0.15) is 12.1 Å². The lowest BCUT2D eigenvalue weighted by molar-refractivity contribution is 0.370. The second-order valence-corrected chi connectivity index (χ2v) is 7.60. The van der Waals surface area contributed by atoms with Gasteiger partial charge in [-0.1, -0.05) is 60.1 Å². The van der Waals surface area contributed by atoms with Gasteiger partial charge in [-0.15, -0.1) is 0 Å². The molecule has 0 amide bonds. The number of hydrogen-bond acceptors (Lipinski definition) is 5. The molecule has 31 heavy (non-hydrogen) atoms. The van der Waals surface area contributed by atoms with Gasteiger partial charge in [-0.25, -0.2) is 4.52 Å². The zero-order chi connectivity index (χ0) is 21.4. The van der Waals surface area contributed by atoms with E-state index in [1.165, 1.54) is 10.1 Å². The molecule has 0 N–H and O–H groups in total. The molecule has 0 spiro atoms. The molecule has 0 radical (unpaired) electrons. The van der Waals surface area contributed by atoms with E-state index in [0.29, 0.717) is 27.9 Å². The van der Waals surface area contributed by atoms with E-state index in [-0.39, 0.29) is 12.1 Å². The fraction of sp³-hybridized carbons (Fsp3) is 0.130. The Balaban J connectivity index is 1.43. The van der Waals surface area contributed by atoms with E-state index in [1.807, 2.05) is 36.4 Å². The van der Waals surface area contributed by atoms with Crippen LogP contribution in [0.1, 0.15) is 18.4 Å². The van der Waals surface area contributed by atoms with Crippen LogP contribution < -0.4 is 5.56 Å². The molecule has 7 nitrogen and oxygen atoms in total. The van der Waals surface area contributed by atoms with E-state index < -0.39 is 0 Å². The molecule has 3 heterocycles. The molecule has 3 aromatic heterocycles. The fourth-order valence-corrected chi connectivity index (χ4v) is 3.51. The number of fused-ring (bicyclic) bond motifs is 1. The fourth-order valence-electron chi connectivity index (χ4n) is 3.38. The lowest BCUT2D eigenvalue weighted by Gasteiger charge is -2.02. The maximum Gasteiger partial charge on any atom is 0.277 e. The Morgan fingerprint density at radius 1 is 1.00 bits per heavy atom. The normalized spacial score (nSPS) is 11.3. The Kier molecular flexibility index (Phi) is 4.88. The molecule has 0 atom stereocenters. The molecule has 5 aromatic rings. The number of nitrogens with zero attached hydrogens (tertiary/aromatic N) is 5. The van der Waals surface area contributed by atoms with Gasteiger partial charge in [0.25, 0.3) is 5.56 Å². The quantitative estimate of drug-likeness (QED) is 0.410. The predicted molar refractivity (Wildman–Crippen MR) is 118 cm³/mol. The molecule has 5 rings (SSSR count). The van der Waals surface area contributed by atoms with Gasteiger partial charge >= 0.3 is 0 Å². The molecule has 2 aromatic carbocycles. The van der Waals surface area contributed by atoms with Crippen LogP contribution in [0.3, 0.4) is 0 Å². The van der Waals surface area contributed by atoms with Gasteiger partial charge in [-0.05, 0) is 30.2 Å². The van der Waals surface area contributed by atoms with Gasteiger partial charge in [-0.3, -0.25) is 4.79 Å². The van der Waals surface area contributed by atoms with Crippen LogP contribution in [-0.2, 0) is 13.0 Å². The van der Waals surface area contributed by atoms with Crippen LogP contribution >= 0.6 is 11.6 Å². The van der Waals surface area contributed by atoms with Crippen molar-refractivity contribution in [2.24, 2.45) is 0 Å². The summed E-state index contributed by atoms with van der Waals surface area (Å²) in [5.41, 5.74) is 3.96. The standard InChI is InChI=1S/C23H18ClN5O2/c1-2-15-3-5-17(6-4-15)22-25-21(31-27-22)14-28-11-12-29-20(23(28)30)13-19(26-29)16-7-9-18(24)10-8-16/h3-13H,2,14H2,1H3. The van der Waals surface area contributed by atoms with E-state index in [9.17, 15) is 4.79 Å². The van der Waals surface area contributed by atoms with Crippen molar-refractivity contribution in [1.82, 2.24) is 24.3 Å². The summed E-state index contributed by atoms with van der Waals surface area (Å²) in [6.07, 6.45) is 4.36. The van der Waals surface area contributed by atoms with Gasteiger partial charge < -0.3 is 9.09 Å². The Bertz CT molecular complexity index is 1420. The molecule has 0 aliphatic carbocycles. The smallest absolute Gasteiger partial charge is 0.277 e. The largest absolute Gasteiger partial charge is 0.337 e. The lowest BCUT2D eigenvalue weighted by Crippen LogP contribution is -2.21. The molecular formula is C23H18ClN5O2. The van der Waals surface area contributed by atoms with Crippen LogP contribution in [0.15, 0.2) is 76.3 Å². The number of aryl methyl sites for hydroxylation is 1. The summed E-state index contributed by atoms with van der Waals surface area (Å²) in [7, 11) is 0. The van der Waals surface area contributed by atoms with E-state index in [2.05, 4.69) is 22.2 Å². The Morgan fingerprint density at radius 2 is 1.74 bits per heavy atom. The van der Waals surface area contributed by atoms with Crippen molar-refractivity contribution in [1.29, 1.82) is 0 Å². The summed E-state index contributed by atoms with van der Waals surface area (Å²) < 4.78 is 8.47. The highest BCUT2D eigenvalue weighted by molar-refractivity contribution is 6.30. The minimum absolute atomic E-state index is 0.177. The Labute approximate surface area is 182 Å². The highest BCUT2D eigenvalue weighted by Gasteiger charge is 2.13. The number of hydrogen-bond donors (Lipinski definition) is 0. The van der Waals surface area contributed by atoms with Gasteiger partial charge in [0, 0.05) is 28.5 Å². The molecule has 0 saturated heterocycles. The molecule has 8 heteroatoms. The Morgan fingerprint density at radius 3 is 2.48 bits per heavy atom. The zero-order valence-electron chi connectivity index (χ0n) is 16.7. The molecule has 0 saturated carbocycles. The maximum atomic E-state index is 13.0. The van der Waals surface area contributed by atoms with Gasteiger partial charge in [-0.2, -0.15) is 10.1 Å². The monoisotopic (exact) mass is 431 g/mol. The third-order valence-electron chi connectivity index (χ3n) is 5.14. The van der Waals surface area contributed by atoms with Crippen molar-refractivity contribution >= 4 is 17.1 Å². The average Bonchev–Trinajstić information content (AvgIpc) is 3.44. The molecular weight excluding hydrogens is 414 g/mol. The SMILES string of the molecule is CCc1ccc(-c2noc(Cn3ccn4nc(-c5ccc(Cl)cc5)cc4c3=O)n2)cc1. The summed E-state index contributed by atoms with van der Waals surface area (Å²) in [5.74, 6) is 0.861. The van der Waals surface area contributed by atoms with Crippen LogP contribution in [0.2, 0.25) is 5.02 Å². The molecule has 0 fully saturated rings. The predicted octanol–water partition coefficient (Wildman–Crippen LogP) is 4.48. The molecule has 154 valence electrons. The van der Waals surface area contributed by atoms with Crippen LogP contribution in [0, 0.1) is 0 Å². The maximum absolute atomic E-state index is 13.0. The lowest BCUT2D eigenvalue weighted by atomic mass is 10.1.